The SMILES string of the molecule is Cc1ccc(S(=O)(=O)Nc2cccc(F)c2N2CCN(C(=O)OC(C)(C)C)CC2)cc1. The van der Waals surface area contributed by atoms with Crippen molar-refractivity contribution in [2.45, 2.75) is 38.2 Å². The average molecular weight is 450 g/mol. The van der Waals surface area contributed by atoms with Crippen molar-refractivity contribution in [2.24, 2.45) is 0 Å². The first kappa shape index (κ1) is 22.9. The highest BCUT2D eigenvalue weighted by molar-refractivity contribution is 7.92. The van der Waals surface area contributed by atoms with Crippen LogP contribution in [0.25, 0.3) is 0 Å². The Labute approximate surface area is 182 Å². The largest absolute Gasteiger partial charge is 0.444 e. The molecule has 0 aliphatic carbocycles. The molecule has 0 unspecified atom stereocenters. The van der Waals surface area contributed by atoms with Gasteiger partial charge in [0.25, 0.3) is 10.0 Å². The predicted octanol–water partition coefficient (Wildman–Crippen LogP) is 3.99. The number of rotatable bonds is 4. The molecule has 31 heavy (non-hydrogen) atoms. The van der Waals surface area contributed by atoms with Crippen LogP contribution < -0.4 is 9.62 Å². The molecule has 9 heteroatoms. The third kappa shape index (κ3) is 5.66. The first-order chi connectivity index (χ1) is 14.5. The minimum absolute atomic E-state index is 0.100. The molecule has 168 valence electrons. The van der Waals surface area contributed by atoms with Crippen molar-refractivity contribution in [3.05, 3.63) is 53.8 Å². The fourth-order valence-electron chi connectivity index (χ4n) is 3.28. The molecule has 1 heterocycles. The Morgan fingerprint density at radius 3 is 2.23 bits per heavy atom. The summed E-state index contributed by atoms with van der Waals surface area (Å²) in [6, 6.07) is 10.7. The topological polar surface area (TPSA) is 79.0 Å². The van der Waals surface area contributed by atoms with Gasteiger partial charge in [0.05, 0.1) is 16.3 Å². The van der Waals surface area contributed by atoms with Gasteiger partial charge in [0, 0.05) is 26.2 Å². The zero-order valence-electron chi connectivity index (χ0n) is 18.2. The van der Waals surface area contributed by atoms with Crippen molar-refractivity contribution >= 4 is 27.5 Å². The number of amides is 1. The Morgan fingerprint density at radius 1 is 1.03 bits per heavy atom. The molecule has 3 rings (SSSR count). The molecule has 2 aromatic carbocycles. The van der Waals surface area contributed by atoms with Crippen LogP contribution in [0.15, 0.2) is 47.4 Å². The Hall–Kier alpha value is -2.81. The molecule has 1 fully saturated rings. The van der Waals surface area contributed by atoms with E-state index in [1.54, 1.807) is 42.7 Å². The quantitative estimate of drug-likeness (QED) is 0.764. The molecular formula is C22H28FN3O4S. The van der Waals surface area contributed by atoms with Crippen LogP contribution in [-0.2, 0) is 14.8 Å². The van der Waals surface area contributed by atoms with Gasteiger partial charge in [0.2, 0.25) is 0 Å². The van der Waals surface area contributed by atoms with Crippen molar-refractivity contribution in [1.82, 2.24) is 4.90 Å². The molecule has 1 aliphatic rings. The lowest BCUT2D eigenvalue weighted by Crippen LogP contribution is -2.50. The van der Waals surface area contributed by atoms with E-state index >= 15 is 0 Å². The second-order valence-corrected chi connectivity index (χ2v) is 10.2. The fourth-order valence-corrected chi connectivity index (χ4v) is 4.35. The van der Waals surface area contributed by atoms with Crippen LogP contribution in [0.4, 0.5) is 20.6 Å². The molecular weight excluding hydrogens is 421 g/mol. The Kier molecular flexibility index (Phi) is 6.45. The van der Waals surface area contributed by atoms with Gasteiger partial charge in [0.15, 0.2) is 0 Å². The highest BCUT2D eigenvalue weighted by atomic mass is 32.2. The summed E-state index contributed by atoms with van der Waals surface area (Å²) in [5.74, 6) is -0.533. The van der Waals surface area contributed by atoms with Gasteiger partial charge in [-0.3, -0.25) is 4.72 Å². The standard InChI is InChI=1S/C22H28FN3O4S/c1-16-8-10-17(11-9-16)31(28,29)24-19-7-5-6-18(23)20(19)25-12-14-26(15-13-25)21(27)30-22(2,3)4/h5-11,24H,12-15H2,1-4H3. The number of halogens is 1. The van der Waals surface area contributed by atoms with Crippen LogP contribution in [0.3, 0.4) is 0 Å². The lowest BCUT2D eigenvalue weighted by molar-refractivity contribution is 0.0240. The van der Waals surface area contributed by atoms with E-state index in [2.05, 4.69) is 4.72 Å². The van der Waals surface area contributed by atoms with Crippen molar-refractivity contribution in [1.29, 1.82) is 0 Å². The summed E-state index contributed by atoms with van der Waals surface area (Å²) >= 11 is 0. The summed E-state index contributed by atoms with van der Waals surface area (Å²) in [7, 11) is -3.88. The van der Waals surface area contributed by atoms with Crippen molar-refractivity contribution in [3.8, 4) is 0 Å². The summed E-state index contributed by atoms with van der Waals surface area (Å²) in [6.45, 7) is 8.64. The first-order valence-corrected chi connectivity index (χ1v) is 11.6. The summed E-state index contributed by atoms with van der Waals surface area (Å²) in [5, 5.41) is 0. The predicted molar refractivity (Wildman–Crippen MR) is 118 cm³/mol. The van der Waals surface area contributed by atoms with E-state index < -0.39 is 27.5 Å². The maximum atomic E-state index is 14.8. The van der Waals surface area contributed by atoms with Crippen LogP contribution in [0.5, 0.6) is 0 Å². The minimum Gasteiger partial charge on any atom is -0.444 e. The number of hydrogen-bond acceptors (Lipinski definition) is 5. The number of hydrogen-bond donors (Lipinski definition) is 1. The fraction of sp³-hybridized carbons (Fsp3) is 0.409. The van der Waals surface area contributed by atoms with Crippen LogP contribution in [0.2, 0.25) is 0 Å². The van der Waals surface area contributed by atoms with E-state index in [0.29, 0.717) is 26.2 Å². The molecule has 0 bridgehead atoms. The van der Waals surface area contributed by atoms with Crippen LogP contribution in [0.1, 0.15) is 26.3 Å². The average Bonchev–Trinajstić information content (AvgIpc) is 2.67. The Balaban J connectivity index is 1.78. The summed E-state index contributed by atoms with van der Waals surface area (Å²) in [4.78, 5) is 15.7. The number of carbonyl (C=O) groups excluding carboxylic acids is 1. The molecule has 1 saturated heterocycles. The third-order valence-electron chi connectivity index (χ3n) is 4.81. The van der Waals surface area contributed by atoms with Gasteiger partial charge >= 0.3 is 6.09 Å². The number of para-hydroxylation sites is 1. The van der Waals surface area contributed by atoms with Gasteiger partial charge in [-0.25, -0.2) is 17.6 Å². The van der Waals surface area contributed by atoms with E-state index in [0.717, 1.165) is 5.56 Å². The van der Waals surface area contributed by atoms with Crippen LogP contribution in [0, 0.1) is 12.7 Å². The maximum Gasteiger partial charge on any atom is 0.410 e. The monoisotopic (exact) mass is 449 g/mol. The number of anilines is 2. The molecule has 0 saturated carbocycles. The van der Waals surface area contributed by atoms with Gasteiger partial charge in [0.1, 0.15) is 11.4 Å². The van der Waals surface area contributed by atoms with Crippen LogP contribution >= 0.6 is 0 Å². The maximum absolute atomic E-state index is 14.8. The molecule has 0 radical (unpaired) electrons. The van der Waals surface area contributed by atoms with E-state index in [-0.39, 0.29) is 16.3 Å². The van der Waals surface area contributed by atoms with E-state index in [1.165, 1.54) is 30.3 Å². The van der Waals surface area contributed by atoms with Gasteiger partial charge in [-0.05, 0) is 52.0 Å². The number of nitrogens with zero attached hydrogens (tertiary/aromatic N) is 2. The molecule has 1 N–H and O–H groups in total. The van der Waals surface area contributed by atoms with Gasteiger partial charge in [-0.1, -0.05) is 23.8 Å². The Morgan fingerprint density at radius 2 is 1.65 bits per heavy atom. The molecule has 0 atom stereocenters. The van der Waals surface area contributed by atoms with Gasteiger partial charge in [-0.15, -0.1) is 0 Å². The number of benzene rings is 2. The molecule has 0 spiro atoms. The normalized spacial score (nSPS) is 15.0. The Bertz CT molecular complexity index is 1040. The van der Waals surface area contributed by atoms with E-state index in [1.807, 2.05) is 6.92 Å². The summed E-state index contributed by atoms with van der Waals surface area (Å²) < 4.78 is 48.3. The van der Waals surface area contributed by atoms with Crippen molar-refractivity contribution in [3.63, 3.8) is 0 Å². The van der Waals surface area contributed by atoms with Gasteiger partial charge < -0.3 is 14.5 Å². The second kappa shape index (κ2) is 8.74. The molecule has 0 aromatic heterocycles. The number of piperazine rings is 1. The lowest BCUT2D eigenvalue weighted by atomic mass is 10.2. The van der Waals surface area contributed by atoms with Crippen molar-refractivity contribution < 1.29 is 22.3 Å². The number of aryl methyl sites for hydroxylation is 1. The number of nitrogens with one attached hydrogen (secondary N) is 1. The zero-order valence-corrected chi connectivity index (χ0v) is 19.0. The van der Waals surface area contributed by atoms with Gasteiger partial charge in [-0.2, -0.15) is 0 Å². The van der Waals surface area contributed by atoms with E-state index in [4.69, 9.17) is 4.74 Å². The first-order valence-electron chi connectivity index (χ1n) is 10.1. The second-order valence-electron chi connectivity index (χ2n) is 8.51. The van der Waals surface area contributed by atoms with Crippen molar-refractivity contribution in [2.75, 3.05) is 35.8 Å². The zero-order chi connectivity index (χ0) is 22.8. The minimum atomic E-state index is -3.88. The number of carbonyl (C=O) groups is 1. The molecule has 1 aliphatic heterocycles. The van der Waals surface area contributed by atoms with Crippen LogP contribution in [-0.4, -0.2) is 51.2 Å². The summed E-state index contributed by atoms with van der Waals surface area (Å²) in [6.07, 6.45) is -0.416. The highest BCUT2D eigenvalue weighted by Gasteiger charge is 2.28. The lowest BCUT2D eigenvalue weighted by Gasteiger charge is -2.37. The van der Waals surface area contributed by atoms with E-state index in [9.17, 15) is 17.6 Å². The smallest absolute Gasteiger partial charge is 0.410 e. The molecule has 7 nitrogen and oxygen atoms in total. The highest BCUT2D eigenvalue weighted by Crippen LogP contribution is 2.32. The third-order valence-corrected chi connectivity index (χ3v) is 6.19. The number of sulfonamides is 1. The summed E-state index contributed by atoms with van der Waals surface area (Å²) in [5.41, 5.74) is 0.669. The molecule has 2 aromatic rings. The number of ether oxygens (including phenoxy) is 1. The molecule has 1 amide bonds.